The number of halogens is 2. The van der Waals surface area contributed by atoms with Crippen molar-refractivity contribution in [2.24, 2.45) is 11.8 Å². The van der Waals surface area contributed by atoms with Crippen LogP contribution in [0.1, 0.15) is 57.4 Å². The predicted molar refractivity (Wildman–Crippen MR) is 111 cm³/mol. The lowest BCUT2D eigenvalue weighted by Crippen LogP contribution is -2.13. The molecule has 0 aliphatic heterocycles. The van der Waals surface area contributed by atoms with Gasteiger partial charge >= 0.3 is 0 Å². The summed E-state index contributed by atoms with van der Waals surface area (Å²) >= 11 is 2.02. The monoisotopic (exact) mass is 438 g/mol. The van der Waals surface area contributed by atoms with Crippen LogP contribution in [0.15, 0.2) is 49.1 Å². The van der Waals surface area contributed by atoms with Gasteiger partial charge in [-0.05, 0) is 77.0 Å². The van der Waals surface area contributed by atoms with Gasteiger partial charge in [0.2, 0.25) is 0 Å². The third-order valence-corrected chi connectivity index (χ3v) is 5.86. The molecule has 0 radical (unpaired) electrons. The summed E-state index contributed by atoms with van der Waals surface area (Å²) in [5.74, 6) is 1.61. The van der Waals surface area contributed by atoms with Crippen LogP contribution in [0.2, 0.25) is 0 Å². The third-order valence-electron chi connectivity index (χ3n) is 4.98. The summed E-state index contributed by atoms with van der Waals surface area (Å²) < 4.78 is 14.5. The molecule has 0 N–H and O–H groups in total. The van der Waals surface area contributed by atoms with Gasteiger partial charge in [0.15, 0.2) is 0 Å². The van der Waals surface area contributed by atoms with Gasteiger partial charge in [-0.1, -0.05) is 69.6 Å². The number of rotatable bonds is 7. The molecule has 24 heavy (non-hydrogen) atoms. The largest absolute Gasteiger partial charge is 0.206 e. The molecular formula is C22H28FI. The highest BCUT2D eigenvalue weighted by atomic mass is 127. The number of hydrogen-bond acceptors (Lipinski definition) is 0. The lowest BCUT2D eigenvalue weighted by atomic mass is 9.79. The van der Waals surface area contributed by atoms with Crippen molar-refractivity contribution in [3.05, 3.63) is 64.0 Å². The Bertz CT molecular complexity index is 592. The maximum absolute atomic E-state index is 13.8. The van der Waals surface area contributed by atoms with E-state index >= 15 is 0 Å². The van der Waals surface area contributed by atoms with E-state index in [0.717, 1.165) is 29.4 Å². The normalized spacial score (nSPS) is 22.0. The third kappa shape index (κ3) is 5.87. The van der Waals surface area contributed by atoms with Gasteiger partial charge in [-0.25, -0.2) is 4.39 Å². The molecule has 2 heteroatoms. The van der Waals surface area contributed by atoms with Crippen molar-refractivity contribution in [2.45, 2.75) is 51.9 Å². The van der Waals surface area contributed by atoms with Gasteiger partial charge in [-0.15, -0.1) is 0 Å². The standard InChI is InChI=1S/C22H28FI/c1-3-6-17-10-12-18(13-11-17)8-5-9-19(7-4-2)20-14-15-22(24)21(23)16-20/h4-5,7,9,14-18H,2-3,6,8,10-13H2,1H3/b9-5-,19-7+. The lowest BCUT2D eigenvalue weighted by molar-refractivity contribution is 0.263. The Morgan fingerprint density at radius 2 is 1.96 bits per heavy atom. The fourth-order valence-corrected chi connectivity index (χ4v) is 3.94. The Balaban J connectivity index is 1.94. The molecule has 1 aliphatic rings. The molecule has 0 bridgehead atoms. The predicted octanol–water partition coefficient (Wildman–Crippen LogP) is 7.55. The minimum Gasteiger partial charge on any atom is -0.206 e. The fraction of sp³-hybridized carbons (Fsp3) is 0.455. The van der Waals surface area contributed by atoms with E-state index in [0.29, 0.717) is 3.57 Å². The molecule has 0 spiro atoms. The maximum Gasteiger partial charge on any atom is 0.137 e. The zero-order chi connectivity index (χ0) is 17.4. The first-order chi connectivity index (χ1) is 11.6. The minimum atomic E-state index is -0.161. The van der Waals surface area contributed by atoms with Crippen LogP contribution in [-0.4, -0.2) is 0 Å². The summed E-state index contributed by atoms with van der Waals surface area (Å²) in [5, 5.41) is 0. The first kappa shape index (κ1) is 19.4. The van der Waals surface area contributed by atoms with E-state index in [2.05, 4.69) is 25.7 Å². The van der Waals surface area contributed by atoms with Crippen LogP contribution < -0.4 is 0 Å². The molecule has 0 amide bonds. The summed E-state index contributed by atoms with van der Waals surface area (Å²) in [4.78, 5) is 0. The molecule has 130 valence electrons. The molecule has 0 nitrogen and oxygen atoms in total. The molecule has 2 rings (SSSR count). The van der Waals surface area contributed by atoms with E-state index < -0.39 is 0 Å². The number of benzene rings is 1. The van der Waals surface area contributed by atoms with E-state index in [1.165, 1.54) is 38.5 Å². The van der Waals surface area contributed by atoms with Crippen molar-refractivity contribution in [1.82, 2.24) is 0 Å². The molecule has 0 unspecified atom stereocenters. The summed E-state index contributed by atoms with van der Waals surface area (Å²) in [6.45, 7) is 6.07. The second kappa shape index (κ2) is 10.2. The average molecular weight is 438 g/mol. The molecule has 0 heterocycles. The van der Waals surface area contributed by atoms with Crippen molar-refractivity contribution >= 4 is 28.2 Å². The van der Waals surface area contributed by atoms with Gasteiger partial charge in [0.25, 0.3) is 0 Å². The van der Waals surface area contributed by atoms with E-state index in [1.54, 1.807) is 12.1 Å². The topological polar surface area (TPSA) is 0 Å². The average Bonchev–Trinajstić information content (AvgIpc) is 2.58. The molecule has 1 fully saturated rings. The highest BCUT2D eigenvalue weighted by Crippen LogP contribution is 2.33. The van der Waals surface area contributed by atoms with Crippen molar-refractivity contribution in [3.63, 3.8) is 0 Å². The molecule has 1 aromatic carbocycles. The maximum atomic E-state index is 13.8. The van der Waals surface area contributed by atoms with Gasteiger partial charge in [0, 0.05) is 3.57 Å². The zero-order valence-corrected chi connectivity index (χ0v) is 16.8. The highest BCUT2D eigenvalue weighted by molar-refractivity contribution is 14.1. The quantitative estimate of drug-likeness (QED) is 0.305. The van der Waals surface area contributed by atoms with Crippen LogP contribution in [0.4, 0.5) is 4.39 Å². The first-order valence-electron chi connectivity index (χ1n) is 9.08. The van der Waals surface area contributed by atoms with E-state index in [9.17, 15) is 4.39 Å². The Morgan fingerprint density at radius 1 is 1.25 bits per heavy atom. The minimum absolute atomic E-state index is 0.161. The molecular weight excluding hydrogens is 410 g/mol. The summed E-state index contributed by atoms with van der Waals surface area (Å²) in [5.41, 5.74) is 1.94. The van der Waals surface area contributed by atoms with Crippen molar-refractivity contribution in [3.8, 4) is 0 Å². The van der Waals surface area contributed by atoms with Crippen molar-refractivity contribution in [2.75, 3.05) is 0 Å². The van der Waals surface area contributed by atoms with E-state index in [-0.39, 0.29) is 5.82 Å². The van der Waals surface area contributed by atoms with Gasteiger partial charge < -0.3 is 0 Å². The van der Waals surface area contributed by atoms with Gasteiger partial charge in [0.1, 0.15) is 5.82 Å². The molecule has 0 atom stereocenters. The first-order valence-corrected chi connectivity index (χ1v) is 10.2. The molecule has 1 aliphatic carbocycles. The van der Waals surface area contributed by atoms with Crippen LogP contribution in [0.25, 0.3) is 5.57 Å². The summed E-state index contributed by atoms with van der Waals surface area (Å²) in [7, 11) is 0. The van der Waals surface area contributed by atoms with Gasteiger partial charge in [-0.3, -0.25) is 0 Å². The Labute approximate surface area is 160 Å². The van der Waals surface area contributed by atoms with Gasteiger partial charge in [0.05, 0.1) is 0 Å². The number of allylic oxidation sites excluding steroid dienone is 5. The lowest BCUT2D eigenvalue weighted by Gasteiger charge is -2.27. The Hall–Kier alpha value is -0.900. The Morgan fingerprint density at radius 3 is 2.58 bits per heavy atom. The van der Waals surface area contributed by atoms with Crippen molar-refractivity contribution in [1.29, 1.82) is 0 Å². The second-order valence-corrected chi connectivity index (χ2v) is 7.96. The molecule has 1 saturated carbocycles. The fourth-order valence-electron chi connectivity index (χ4n) is 3.60. The molecule has 1 aromatic rings. The summed E-state index contributed by atoms with van der Waals surface area (Å²) in [6.07, 6.45) is 17.4. The van der Waals surface area contributed by atoms with Crippen molar-refractivity contribution < 1.29 is 4.39 Å². The SMILES string of the molecule is C=C/C=C(\C=C/CC1CCC(CCC)CC1)c1ccc(I)c(F)c1. The smallest absolute Gasteiger partial charge is 0.137 e. The molecule has 0 aromatic heterocycles. The van der Waals surface area contributed by atoms with Crippen LogP contribution in [-0.2, 0) is 0 Å². The molecule has 0 saturated heterocycles. The van der Waals surface area contributed by atoms with Crippen LogP contribution in [0, 0.1) is 21.2 Å². The van der Waals surface area contributed by atoms with E-state index in [1.807, 2.05) is 40.8 Å². The zero-order valence-electron chi connectivity index (χ0n) is 14.6. The van der Waals surface area contributed by atoms with Gasteiger partial charge in [-0.2, -0.15) is 0 Å². The van der Waals surface area contributed by atoms with Crippen LogP contribution in [0.5, 0.6) is 0 Å². The highest BCUT2D eigenvalue weighted by Gasteiger charge is 2.19. The van der Waals surface area contributed by atoms with E-state index in [4.69, 9.17) is 0 Å². The Kier molecular flexibility index (Phi) is 8.23. The second-order valence-electron chi connectivity index (χ2n) is 6.80. The van der Waals surface area contributed by atoms with Crippen LogP contribution in [0.3, 0.4) is 0 Å². The van der Waals surface area contributed by atoms with Crippen LogP contribution >= 0.6 is 22.6 Å². The summed E-state index contributed by atoms with van der Waals surface area (Å²) in [6, 6.07) is 5.41. The number of hydrogen-bond donors (Lipinski definition) is 0.